The Labute approximate surface area is 185 Å². The van der Waals surface area contributed by atoms with Gasteiger partial charge in [0.15, 0.2) is 5.69 Å². The highest BCUT2D eigenvalue weighted by molar-refractivity contribution is 6.30. The molecule has 0 saturated carbocycles. The summed E-state index contributed by atoms with van der Waals surface area (Å²) in [6, 6.07) is 17.0. The van der Waals surface area contributed by atoms with E-state index in [-0.39, 0.29) is 18.3 Å². The monoisotopic (exact) mass is 438 g/mol. The summed E-state index contributed by atoms with van der Waals surface area (Å²) in [4.78, 5) is 26.1. The van der Waals surface area contributed by atoms with E-state index in [1.54, 1.807) is 33.8 Å². The predicted octanol–water partition coefficient (Wildman–Crippen LogP) is 3.92. The molecule has 7 nitrogen and oxygen atoms in total. The molecule has 3 aromatic rings. The number of hydrogen-bond acceptors (Lipinski definition) is 3. The standard InChI is InChI=1S/C23H23ClN4O3/c24-17-8-10-18(11-9-17)28-20-12-14-27(15-19(20)21(26-28)22(29)30)23(31)25-13-4-7-16-5-2-1-3-6-16/h1-3,5-6,8-11H,4,7,12-15H2,(H,25,31)(H,29,30). The zero-order valence-corrected chi connectivity index (χ0v) is 17.7. The maximum absolute atomic E-state index is 12.6. The molecular weight excluding hydrogens is 416 g/mol. The number of nitrogens with zero attached hydrogens (tertiary/aromatic N) is 3. The van der Waals surface area contributed by atoms with Crippen molar-refractivity contribution in [2.75, 3.05) is 13.1 Å². The average molecular weight is 439 g/mol. The molecular formula is C23H23ClN4O3. The van der Waals surface area contributed by atoms with Crippen LogP contribution in [0.5, 0.6) is 0 Å². The van der Waals surface area contributed by atoms with Gasteiger partial charge in [0.25, 0.3) is 0 Å². The van der Waals surface area contributed by atoms with Crippen molar-refractivity contribution in [1.29, 1.82) is 0 Å². The Morgan fingerprint density at radius 1 is 1.10 bits per heavy atom. The number of carbonyl (C=O) groups is 2. The van der Waals surface area contributed by atoms with E-state index in [9.17, 15) is 14.7 Å². The van der Waals surface area contributed by atoms with Crippen LogP contribution in [-0.4, -0.2) is 44.9 Å². The molecule has 2 amide bonds. The van der Waals surface area contributed by atoms with E-state index in [1.807, 2.05) is 18.2 Å². The van der Waals surface area contributed by atoms with Crippen LogP contribution in [0.1, 0.15) is 33.7 Å². The van der Waals surface area contributed by atoms with Gasteiger partial charge >= 0.3 is 12.0 Å². The van der Waals surface area contributed by atoms with Crippen molar-refractivity contribution in [3.8, 4) is 5.69 Å². The lowest BCUT2D eigenvalue weighted by molar-refractivity contribution is 0.0687. The SMILES string of the molecule is O=C(O)c1nn(-c2ccc(Cl)cc2)c2c1CN(C(=O)NCCCc1ccccc1)CC2. The van der Waals surface area contributed by atoms with E-state index < -0.39 is 5.97 Å². The molecule has 2 heterocycles. The van der Waals surface area contributed by atoms with Crippen molar-refractivity contribution in [3.63, 3.8) is 0 Å². The third-order valence-electron chi connectivity index (χ3n) is 5.38. The minimum Gasteiger partial charge on any atom is -0.476 e. The van der Waals surface area contributed by atoms with Crippen molar-refractivity contribution in [1.82, 2.24) is 20.0 Å². The molecule has 0 fully saturated rings. The highest BCUT2D eigenvalue weighted by Gasteiger charge is 2.30. The molecule has 0 radical (unpaired) electrons. The fourth-order valence-electron chi connectivity index (χ4n) is 3.80. The number of carboxylic acid groups (broad SMARTS) is 1. The first-order valence-corrected chi connectivity index (χ1v) is 10.6. The number of aromatic nitrogens is 2. The second kappa shape index (κ2) is 9.22. The smallest absolute Gasteiger partial charge is 0.356 e. The molecule has 8 heteroatoms. The van der Waals surface area contributed by atoms with Gasteiger partial charge in [-0.3, -0.25) is 0 Å². The summed E-state index contributed by atoms with van der Waals surface area (Å²) in [5.41, 5.74) is 3.35. The van der Waals surface area contributed by atoms with Crippen LogP contribution in [-0.2, 0) is 19.4 Å². The number of fused-ring (bicyclic) bond motifs is 1. The van der Waals surface area contributed by atoms with Crippen LogP contribution in [0.4, 0.5) is 4.79 Å². The molecule has 160 valence electrons. The van der Waals surface area contributed by atoms with Crippen molar-refractivity contribution in [2.45, 2.75) is 25.8 Å². The van der Waals surface area contributed by atoms with Crippen molar-refractivity contribution >= 4 is 23.6 Å². The molecule has 1 aliphatic heterocycles. The Bertz CT molecular complexity index is 1080. The molecule has 1 aromatic heterocycles. The van der Waals surface area contributed by atoms with Crippen molar-refractivity contribution in [3.05, 3.63) is 82.1 Å². The first kappa shape index (κ1) is 20.9. The minimum absolute atomic E-state index is 0.0217. The number of aryl methyl sites for hydroxylation is 1. The summed E-state index contributed by atoms with van der Waals surface area (Å²) in [5.74, 6) is -1.10. The quantitative estimate of drug-likeness (QED) is 0.571. The van der Waals surface area contributed by atoms with Crippen LogP contribution >= 0.6 is 11.6 Å². The number of hydrogen-bond donors (Lipinski definition) is 2. The Hall–Kier alpha value is -3.32. The maximum atomic E-state index is 12.6. The molecule has 0 spiro atoms. The fourth-order valence-corrected chi connectivity index (χ4v) is 3.93. The van der Waals surface area contributed by atoms with Gasteiger partial charge in [-0.1, -0.05) is 41.9 Å². The van der Waals surface area contributed by atoms with Crippen molar-refractivity contribution in [2.24, 2.45) is 0 Å². The lowest BCUT2D eigenvalue weighted by Gasteiger charge is -2.28. The minimum atomic E-state index is -1.10. The predicted molar refractivity (Wildman–Crippen MR) is 118 cm³/mol. The van der Waals surface area contributed by atoms with E-state index in [0.29, 0.717) is 30.1 Å². The number of carboxylic acids is 1. The molecule has 0 atom stereocenters. The van der Waals surface area contributed by atoms with Crippen LogP contribution in [0.15, 0.2) is 54.6 Å². The highest BCUT2D eigenvalue weighted by atomic mass is 35.5. The van der Waals surface area contributed by atoms with Gasteiger partial charge in [0.1, 0.15) is 0 Å². The van der Waals surface area contributed by atoms with E-state index >= 15 is 0 Å². The van der Waals surface area contributed by atoms with Gasteiger partial charge in [-0.15, -0.1) is 0 Å². The van der Waals surface area contributed by atoms with Crippen LogP contribution < -0.4 is 5.32 Å². The Morgan fingerprint density at radius 3 is 2.55 bits per heavy atom. The summed E-state index contributed by atoms with van der Waals surface area (Å²) in [7, 11) is 0. The molecule has 0 saturated heterocycles. The maximum Gasteiger partial charge on any atom is 0.356 e. The Morgan fingerprint density at radius 2 is 1.84 bits per heavy atom. The van der Waals surface area contributed by atoms with Crippen LogP contribution in [0.3, 0.4) is 0 Å². The number of nitrogens with one attached hydrogen (secondary N) is 1. The molecule has 2 N–H and O–H groups in total. The number of benzene rings is 2. The molecule has 31 heavy (non-hydrogen) atoms. The largest absolute Gasteiger partial charge is 0.476 e. The lowest BCUT2D eigenvalue weighted by atomic mass is 10.1. The third-order valence-corrected chi connectivity index (χ3v) is 5.63. The van der Waals surface area contributed by atoms with Gasteiger partial charge in [-0.2, -0.15) is 5.10 Å². The molecule has 1 aliphatic rings. The van der Waals surface area contributed by atoms with Crippen LogP contribution in [0, 0.1) is 0 Å². The van der Waals surface area contributed by atoms with Gasteiger partial charge < -0.3 is 15.3 Å². The molecule has 2 aromatic carbocycles. The number of halogens is 1. The molecule has 0 bridgehead atoms. The van der Waals surface area contributed by atoms with Gasteiger partial charge in [-0.25, -0.2) is 14.3 Å². The number of aromatic carboxylic acids is 1. The van der Waals surface area contributed by atoms with Gasteiger partial charge in [0.05, 0.1) is 17.9 Å². The zero-order valence-electron chi connectivity index (χ0n) is 16.9. The Kier molecular flexibility index (Phi) is 6.23. The van der Waals surface area contributed by atoms with Gasteiger partial charge in [-0.05, 0) is 42.7 Å². The van der Waals surface area contributed by atoms with Crippen molar-refractivity contribution < 1.29 is 14.7 Å². The summed E-state index contributed by atoms with van der Waals surface area (Å²) in [6.45, 7) is 1.28. The normalized spacial score (nSPS) is 13.0. The summed E-state index contributed by atoms with van der Waals surface area (Å²) >= 11 is 5.96. The zero-order chi connectivity index (χ0) is 21.8. The van der Waals surface area contributed by atoms with Gasteiger partial charge in [0.2, 0.25) is 0 Å². The number of amides is 2. The van der Waals surface area contributed by atoms with E-state index in [0.717, 1.165) is 24.2 Å². The second-order valence-electron chi connectivity index (χ2n) is 7.46. The first-order valence-electron chi connectivity index (χ1n) is 10.2. The summed E-state index contributed by atoms with van der Waals surface area (Å²) < 4.78 is 1.64. The van der Waals surface area contributed by atoms with E-state index in [2.05, 4.69) is 22.5 Å². The molecule has 0 unspecified atom stereocenters. The first-order chi connectivity index (χ1) is 15.0. The fraction of sp³-hybridized carbons (Fsp3) is 0.261. The third kappa shape index (κ3) is 4.72. The highest BCUT2D eigenvalue weighted by Crippen LogP contribution is 2.26. The van der Waals surface area contributed by atoms with E-state index in [1.165, 1.54) is 5.56 Å². The summed E-state index contributed by atoms with van der Waals surface area (Å²) in [5, 5.41) is 17.5. The lowest BCUT2D eigenvalue weighted by Crippen LogP contribution is -2.43. The Balaban J connectivity index is 1.43. The second-order valence-corrected chi connectivity index (χ2v) is 7.90. The van der Waals surface area contributed by atoms with Gasteiger partial charge in [0, 0.05) is 30.1 Å². The average Bonchev–Trinajstić information content (AvgIpc) is 3.17. The number of urea groups is 1. The van der Waals surface area contributed by atoms with Crippen LogP contribution in [0.2, 0.25) is 5.02 Å². The molecule has 0 aliphatic carbocycles. The van der Waals surface area contributed by atoms with Crippen LogP contribution in [0.25, 0.3) is 5.69 Å². The summed E-state index contributed by atoms with van der Waals surface area (Å²) in [6.07, 6.45) is 2.25. The molecule has 4 rings (SSSR count). The number of rotatable bonds is 6. The number of carbonyl (C=O) groups excluding carboxylic acids is 1. The van der Waals surface area contributed by atoms with E-state index in [4.69, 9.17) is 11.6 Å². The topological polar surface area (TPSA) is 87.5 Å².